The fourth-order valence-electron chi connectivity index (χ4n) is 0.900. The molecule has 1 rings (SSSR count). The van der Waals surface area contributed by atoms with E-state index in [1.165, 1.54) is 6.07 Å². The fraction of sp³-hybridized carbons (Fsp3) is 0.400. The lowest BCUT2D eigenvalue weighted by Gasteiger charge is -2.05. The van der Waals surface area contributed by atoms with Crippen molar-refractivity contribution in [1.82, 2.24) is 0 Å². The van der Waals surface area contributed by atoms with Crippen molar-refractivity contribution in [2.75, 3.05) is 0 Å². The van der Waals surface area contributed by atoms with Crippen LogP contribution in [0.2, 0.25) is 0 Å². The molecule has 0 amide bonds. The van der Waals surface area contributed by atoms with Crippen LogP contribution < -0.4 is 0 Å². The molecule has 2 heteroatoms. The third-order valence-corrected chi connectivity index (χ3v) is 1.67. The van der Waals surface area contributed by atoms with Gasteiger partial charge in [0.1, 0.15) is 0 Å². The number of phenolic OH excluding ortho intramolecular Hbond substituents is 2. The van der Waals surface area contributed by atoms with E-state index in [1.807, 2.05) is 13.8 Å². The molecular formula is C10H16O2. The molecule has 0 aliphatic carbocycles. The van der Waals surface area contributed by atoms with Gasteiger partial charge in [0.2, 0.25) is 0 Å². The van der Waals surface area contributed by atoms with E-state index in [0.717, 1.165) is 5.56 Å². The van der Waals surface area contributed by atoms with Crippen molar-refractivity contribution in [3.63, 3.8) is 0 Å². The van der Waals surface area contributed by atoms with Crippen LogP contribution in [0.3, 0.4) is 0 Å². The molecule has 68 valence electrons. The van der Waals surface area contributed by atoms with Crippen molar-refractivity contribution in [3.05, 3.63) is 23.8 Å². The Bertz CT molecular complexity index is 254. The predicted molar refractivity (Wildman–Crippen MR) is 50.6 cm³/mol. The van der Waals surface area contributed by atoms with E-state index < -0.39 is 0 Å². The first-order valence-corrected chi connectivity index (χ1v) is 3.63. The maximum atomic E-state index is 9.10. The number of hydrogen-bond acceptors (Lipinski definition) is 2. The number of hydrogen-bond donors (Lipinski definition) is 2. The first-order chi connectivity index (χ1) is 5.11. The van der Waals surface area contributed by atoms with Gasteiger partial charge in [-0.2, -0.15) is 0 Å². The summed E-state index contributed by atoms with van der Waals surface area (Å²) in [7, 11) is 0. The summed E-state index contributed by atoms with van der Waals surface area (Å²) in [5.74, 6) is 0.270. The van der Waals surface area contributed by atoms with Crippen LogP contribution in [0.4, 0.5) is 0 Å². The molecular weight excluding hydrogens is 152 g/mol. The van der Waals surface area contributed by atoms with E-state index in [4.69, 9.17) is 10.2 Å². The van der Waals surface area contributed by atoms with E-state index in [0.29, 0.717) is 5.92 Å². The van der Waals surface area contributed by atoms with Gasteiger partial charge < -0.3 is 10.2 Å². The summed E-state index contributed by atoms with van der Waals surface area (Å²) < 4.78 is 0. The normalized spacial score (nSPS) is 9.58. The van der Waals surface area contributed by atoms with E-state index in [9.17, 15) is 0 Å². The summed E-state index contributed by atoms with van der Waals surface area (Å²) in [4.78, 5) is 0. The van der Waals surface area contributed by atoms with Crippen LogP contribution in [-0.2, 0) is 0 Å². The van der Waals surface area contributed by atoms with Gasteiger partial charge in [-0.1, -0.05) is 27.3 Å². The zero-order valence-corrected chi connectivity index (χ0v) is 6.70. The van der Waals surface area contributed by atoms with E-state index >= 15 is 0 Å². The zero-order valence-electron chi connectivity index (χ0n) is 6.70. The second-order valence-corrected chi connectivity index (χ2v) is 2.90. The lowest BCUT2D eigenvalue weighted by atomic mass is 10.0. The van der Waals surface area contributed by atoms with Crippen LogP contribution >= 0.6 is 0 Å². The summed E-state index contributed by atoms with van der Waals surface area (Å²) in [5, 5.41) is 18.1. The van der Waals surface area contributed by atoms with Crippen molar-refractivity contribution in [3.8, 4) is 11.5 Å². The molecule has 0 unspecified atom stereocenters. The van der Waals surface area contributed by atoms with Crippen molar-refractivity contribution < 1.29 is 10.2 Å². The van der Waals surface area contributed by atoms with Crippen LogP contribution in [0.15, 0.2) is 18.2 Å². The molecule has 0 aliphatic rings. The molecule has 1 aromatic rings. The summed E-state index contributed by atoms with van der Waals surface area (Å²) in [6.07, 6.45) is 0. The van der Waals surface area contributed by atoms with Crippen molar-refractivity contribution in [2.24, 2.45) is 0 Å². The average molecular weight is 168 g/mol. The Hall–Kier alpha value is -1.18. The highest BCUT2D eigenvalue weighted by Gasteiger charge is 2.02. The molecule has 0 saturated carbocycles. The van der Waals surface area contributed by atoms with Crippen LogP contribution in [0.5, 0.6) is 11.5 Å². The average Bonchev–Trinajstić information content (AvgIpc) is 1.94. The number of benzene rings is 1. The fourth-order valence-corrected chi connectivity index (χ4v) is 0.900. The Morgan fingerprint density at radius 3 is 2.08 bits per heavy atom. The second-order valence-electron chi connectivity index (χ2n) is 2.90. The Balaban J connectivity index is 0.00000121. The lowest BCUT2D eigenvalue weighted by molar-refractivity contribution is 0.403. The standard InChI is InChI=1S/C9H12O2.CH4/c1-6(2)7-3-4-8(10)9(11)5-7;/h3-6,10-11H,1-2H3;1H4. The SMILES string of the molecule is C.CC(C)c1ccc(O)c(O)c1. The van der Waals surface area contributed by atoms with Crippen LogP contribution in [0.25, 0.3) is 0 Å². The number of rotatable bonds is 1. The lowest BCUT2D eigenvalue weighted by Crippen LogP contribution is -1.85. The van der Waals surface area contributed by atoms with Gasteiger partial charge in [0, 0.05) is 0 Å². The Morgan fingerprint density at radius 1 is 1.08 bits per heavy atom. The Labute approximate surface area is 73.5 Å². The van der Waals surface area contributed by atoms with E-state index in [2.05, 4.69) is 0 Å². The van der Waals surface area contributed by atoms with Crippen LogP contribution in [0, 0.1) is 0 Å². The summed E-state index contributed by atoms with van der Waals surface area (Å²) in [6, 6.07) is 4.89. The van der Waals surface area contributed by atoms with Gasteiger partial charge in [-0.05, 0) is 23.6 Å². The van der Waals surface area contributed by atoms with Crippen LogP contribution in [0.1, 0.15) is 32.8 Å². The molecule has 12 heavy (non-hydrogen) atoms. The van der Waals surface area contributed by atoms with Gasteiger partial charge in [-0.15, -0.1) is 0 Å². The van der Waals surface area contributed by atoms with Gasteiger partial charge >= 0.3 is 0 Å². The Morgan fingerprint density at radius 2 is 1.67 bits per heavy atom. The number of phenols is 2. The van der Waals surface area contributed by atoms with Crippen molar-refractivity contribution >= 4 is 0 Å². The molecule has 0 saturated heterocycles. The van der Waals surface area contributed by atoms with Crippen molar-refractivity contribution in [2.45, 2.75) is 27.2 Å². The maximum absolute atomic E-state index is 9.10. The third kappa shape index (κ3) is 2.16. The molecule has 0 aromatic heterocycles. The molecule has 0 aliphatic heterocycles. The van der Waals surface area contributed by atoms with Gasteiger partial charge in [0.25, 0.3) is 0 Å². The minimum Gasteiger partial charge on any atom is -0.504 e. The van der Waals surface area contributed by atoms with Crippen LogP contribution in [-0.4, -0.2) is 10.2 Å². The van der Waals surface area contributed by atoms with Gasteiger partial charge in [0.15, 0.2) is 11.5 Å². The molecule has 0 atom stereocenters. The molecule has 2 nitrogen and oxygen atoms in total. The molecule has 1 aromatic carbocycles. The largest absolute Gasteiger partial charge is 0.504 e. The first kappa shape index (κ1) is 10.8. The zero-order chi connectivity index (χ0) is 8.43. The molecule has 0 fully saturated rings. The first-order valence-electron chi connectivity index (χ1n) is 3.63. The highest BCUT2D eigenvalue weighted by atomic mass is 16.3. The quantitative estimate of drug-likeness (QED) is 0.633. The predicted octanol–water partition coefficient (Wildman–Crippen LogP) is 2.86. The van der Waals surface area contributed by atoms with Gasteiger partial charge in [-0.25, -0.2) is 0 Å². The molecule has 2 N–H and O–H groups in total. The van der Waals surface area contributed by atoms with Crippen molar-refractivity contribution in [1.29, 1.82) is 0 Å². The summed E-state index contributed by atoms with van der Waals surface area (Å²) in [6.45, 7) is 4.07. The molecule has 0 bridgehead atoms. The smallest absolute Gasteiger partial charge is 0.157 e. The van der Waals surface area contributed by atoms with Gasteiger partial charge in [-0.3, -0.25) is 0 Å². The highest BCUT2D eigenvalue weighted by Crippen LogP contribution is 2.27. The molecule has 0 heterocycles. The summed E-state index contributed by atoms with van der Waals surface area (Å²) in [5.41, 5.74) is 1.03. The minimum atomic E-state index is -0.0607. The monoisotopic (exact) mass is 168 g/mol. The third-order valence-electron chi connectivity index (χ3n) is 1.67. The van der Waals surface area contributed by atoms with E-state index in [-0.39, 0.29) is 18.9 Å². The number of aromatic hydroxyl groups is 2. The maximum Gasteiger partial charge on any atom is 0.157 e. The molecule has 0 radical (unpaired) electrons. The Kier molecular flexibility index (Phi) is 3.61. The second kappa shape index (κ2) is 4.00. The molecule has 0 spiro atoms. The van der Waals surface area contributed by atoms with Gasteiger partial charge in [0.05, 0.1) is 0 Å². The topological polar surface area (TPSA) is 40.5 Å². The van der Waals surface area contributed by atoms with E-state index in [1.54, 1.807) is 12.1 Å². The minimum absolute atomic E-state index is 0. The summed E-state index contributed by atoms with van der Waals surface area (Å²) >= 11 is 0. The highest BCUT2D eigenvalue weighted by molar-refractivity contribution is 5.41.